The minimum atomic E-state index is -4.52. The molecular weight excluding hydrogens is 541 g/mol. The molecule has 7 nitrogen and oxygen atoms in total. The predicted molar refractivity (Wildman–Crippen MR) is 139 cm³/mol. The molecule has 0 aliphatic heterocycles. The fraction of sp³-hybridized carbons (Fsp3) is 0.241. The molecule has 0 aliphatic rings. The van der Waals surface area contributed by atoms with Gasteiger partial charge in [-0.1, -0.05) is 11.8 Å². The van der Waals surface area contributed by atoms with E-state index in [1.165, 1.54) is 30.3 Å². The van der Waals surface area contributed by atoms with Crippen LogP contribution in [-0.2, 0) is 6.18 Å². The van der Waals surface area contributed by atoms with Gasteiger partial charge in [0.15, 0.2) is 17.2 Å². The molecule has 0 spiro atoms. The zero-order valence-electron chi connectivity index (χ0n) is 21.8. The Labute approximate surface area is 233 Å². The number of benzene rings is 3. The number of nitriles is 4. The summed E-state index contributed by atoms with van der Waals surface area (Å²) in [7, 11) is 0. The van der Waals surface area contributed by atoms with Gasteiger partial charge in [-0.05, 0) is 64.1 Å². The van der Waals surface area contributed by atoms with Crippen LogP contribution in [-0.4, -0.2) is 12.2 Å². The molecule has 0 saturated carbocycles. The predicted octanol–water partition coefficient (Wildman–Crippen LogP) is 7.71. The Morgan fingerprint density at radius 3 is 1.80 bits per heavy atom. The molecule has 0 unspecified atom stereocenters. The lowest BCUT2D eigenvalue weighted by Gasteiger charge is -2.21. The van der Waals surface area contributed by atoms with Crippen LogP contribution in [0.5, 0.6) is 23.0 Å². The lowest BCUT2D eigenvalue weighted by atomic mass is 10.1. The first-order valence-corrected chi connectivity index (χ1v) is 12.6. The third kappa shape index (κ3) is 6.59. The molecule has 202 valence electrons. The molecule has 40 heavy (non-hydrogen) atoms. The van der Waals surface area contributed by atoms with E-state index >= 15 is 0 Å². The van der Waals surface area contributed by atoms with Crippen molar-refractivity contribution in [1.29, 1.82) is 21.0 Å². The number of alkyl halides is 3. The average molecular weight is 563 g/mol. The highest BCUT2D eigenvalue weighted by Gasteiger charge is 2.30. The van der Waals surface area contributed by atoms with E-state index in [9.17, 15) is 34.2 Å². The SMILES string of the molecule is CC(C)Oc1cc(C#N)c(Oc2ccc(C#N)c(Sc3ccc(C(F)(F)F)cc3)c2C#N)c(C#N)c1OC(C)C. The molecule has 3 rings (SSSR count). The van der Waals surface area contributed by atoms with Crippen molar-refractivity contribution in [2.24, 2.45) is 0 Å². The van der Waals surface area contributed by atoms with Gasteiger partial charge >= 0.3 is 6.18 Å². The summed E-state index contributed by atoms with van der Waals surface area (Å²) in [6.45, 7) is 7.04. The van der Waals surface area contributed by atoms with Gasteiger partial charge in [-0.15, -0.1) is 0 Å². The molecular formula is C29H21F3N4O3S. The van der Waals surface area contributed by atoms with Crippen LogP contribution in [0.3, 0.4) is 0 Å². The largest absolute Gasteiger partial charge is 0.487 e. The maximum absolute atomic E-state index is 13.0. The Morgan fingerprint density at radius 2 is 1.30 bits per heavy atom. The Balaban J connectivity index is 2.17. The van der Waals surface area contributed by atoms with Crippen molar-refractivity contribution in [2.45, 2.75) is 55.9 Å². The minimum Gasteiger partial charge on any atom is -0.487 e. The minimum absolute atomic E-state index is 0.0616. The van der Waals surface area contributed by atoms with Crippen LogP contribution in [0, 0.1) is 45.3 Å². The number of hydrogen-bond acceptors (Lipinski definition) is 8. The third-order valence-corrected chi connectivity index (χ3v) is 6.25. The smallest absolute Gasteiger partial charge is 0.416 e. The molecule has 0 fully saturated rings. The van der Waals surface area contributed by atoms with E-state index in [-0.39, 0.29) is 62.4 Å². The number of nitrogens with zero attached hydrogens (tertiary/aromatic N) is 4. The van der Waals surface area contributed by atoms with E-state index in [4.69, 9.17) is 14.2 Å². The molecule has 0 amide bonds. The highest BCUT2D eigenvalue weighted by molar-refractivity contribution is 7.99. The monoisotopic (exact) mass is 562 g/mol. The summed E-state index contributed by atoms with van der Waals surface area (Å²) in [5.74, 6) is -0.0184. The van der Waals surface area contributed by atoms with Gasteiger partial charge in [-0.2, -0.15) is 34.2 Å². The maximum Gasteiger partial charge on any atom is 0.416 e. The summed E-state index contributed by atoms with van der Waals surface area (Å²) in [6, 6.07) is 16.3. The molecule has 0 saturated heterocycles. The van der Waals surface area contributed by atoms with Crippen molar-refractivity contribution < 1.29 is 27.4 Å². The summed E-state index contributed by atoms with van der Waals surface area (Å²) >= 11 is 0.908. The van der Waals surface area contributed by atoms with Gasteiger partial charge in [0.1, 0.15) is 41.2 Å². The van der Waals surface area contributed by atoms with Crippen LogP contribution >= 0.6 is 11.8 Å². The zero-order valence-corrected chi connectivity index (χ0v) is 22.6. The normalized spacial score (nSPS) is 10.8. The molecule has 0 heterocycles. The van der Waals surface area contributed by atoms with Gasteiger partial charge in [-0.25, -0.2) is 0 Å². The van der Waals surface area contributed by atoms with Crippen LogP contribution in [0.2, 0.25) is 0 Å². The van der Waals surface area contributed by atoms with Crippen molar-refractivity contribution in [2.75, 3.05) is 0 Å². The van der Waals surface area contributed by atoms with Gasteiger partial charge in [-0.3, -0.25) is 0 Å². The van der Waals surface area contributed by atoms with E-state index in [1.807, 2.05) is 24.3 Å². The van der Waals surface area contributed by atoms with Crippen LogP contribution < -0.4 is 14.2 Å². The molecule has 11 heteroatoms. The zero-order chi connectivity index (χ0) is 29.6. The number of hydrogen-bond donors (Lipinski definition) is 0. The second kappa shape index (κ2) is 12.3. The van der Waals surface area contributed by atoms with E-state index in [0.29, 0.717) is 4.90 Å². The third-order valence-electron chi connectivity index (χ3n) is 5.11. The van der Waals surface area contributed by atoms with Gasteiger partial charge in [0, 0.05) is 11.0 Å². The van der Waals surface area contributed by atoms with Crippen LogP contribution in [0.1, 0.15) is 55.5 Å². The molecule has 3 aromatic carbocycles. The fourth-order valence-electron chi connectivity index (χ4n) is 3.50. The average Bonchev–Trinajstić information content (AvgIpc) is 2.89. The first-order valence-electron chi connectivity index (χ1n) is 11.8. The lowest BCUT2D eigenvalue weighted by Crippen LogP contribution is -2.13. The summed E-state index contributed by atoms with van der Waals surface area (Å²) in [6.07, 6.45) is -5.18. The van der Waals surface area contributed by atoms with Gasteiger partial charge < -0.3 is 14.2 Å². The fourth-order valence-corrected chi connectivity index (χ4v) is 4.48. The second-order valence-electron chi connectivity index (χ2n) is 8.78. The van der Waals surface area contributed by atoms with Crippen molar-refractivity contribution in [3.8, 4) is 47.3 Å². The Bertz CT molecular complexity index is 1590. The molecule has 0 atom stereocenters. The number of rotatable bonds is 8. The summed E-state index contributed by atoms with van der Waals surface area (Å²) < 4.78 is 56.6. The van der Waals surface area contributed by atoms with E-state index in [2.05, 4.69) is 0 Å². The molecule has 0 radical (unpaired) electrons. The Morgan fingerprint density at radius 1 is 0.700 bits per heavy atom. The van der Waals surface area contributed by atoms with Crippen molar-refractivity contribution in [3.05, 3.63) is 70.3 Å². The van der Waals surface area contributed by atoms with E-state index < -0.39 is 11.7 Å². The van der Waals surface area contributed by atoms with Gasteiger partial charge in [0.25, 0.3) is 0 Å². The Kier molecular flexibility index (Phi) is 9.17. The molecule has 0 aromatic heterocycles. The van der Waals surface area contributed by atoms with Crippen molar-refractivity contribution in [1.82, 2.24) is 0 Å². The van der Waals surface area contributed by atoms with Crippen LogP contribution in [0.25, 0.3) is 0 Å². The topological polar surface area (TPSA) is 123 Å². The number of ether oxygens (including phenoxy) is 3. The second-order valence-corrected chi connectivity index (χ2v) is 9.86. The first-order chi connectivity index (χ1) is 18.9. The van der Waals surface area contributed by atoms with E-state index in [0.717, 1.165) is 23.9 Å². The summed E-state index contributed by atoms with van der Waals surface area (Å²) in [5, 5.41) is 39.6. The van der Waals surface area contributed by atoms with E-state index in [1.54, 1.807) is 27.7 Å². The quantitative estimate of drug-likeness (QED) is 0.273. The highest BCUT2D eigenvalue weighted by atomic mass is 32.2. The van der Waals surface area contributed by atoms with Gasteiger partial charge in [0.05, 0.1) is 33.8 Å². The molecule has 3 aromatic rings. The summed E-state index contributed by atoms with van der Waals surface area (Å²) in [4.78, 5) is 0.481. The summed E-state index contributed by atoms with van der Waals surface area (Å²) in [5.41, 5.74) is -1.06. The van der Waals surface area contributed by atoms with Crippen molar-refractivity contribution in [3.63, 3.8) is 0 Å². The molecule has 0 aliphatic carbocycles. The van der Waals surface area contributed by atoms with Crippen LogP contribution in [0.15, 0.2) is 52.3 Å². The Hall–Kier alpha value is -4.84. The molecule has 0 bridgehead atoms. The lowest BCUT2D eigenvalue weighted by molar-refractivity contribution is -0.137. The van der Waals surface area contributed by atoms with Crippen molar-refractivity contribution >= 4 is 11.8 Å². The standard InChI is InChI=1S/C29H21F3N4O3S/c1-16(2)37-25-11-19(13-34)26(23(15-36)27(25)38-17(3)4)39-24-10-5-18(12-33)28(22(24)14-35)40-21-8-6-20(7-9-21)29(30,31)32/h5-11,16-17H,1-4H3. The van der Waals surface area contributed by atoms with Gasteiger partial charge in [0.2, 0.25) is 0 Å². The maximum atomic E-state index is 13.0. The highest BCUT2D eigenvalue weighted by Crippen LogP contribution is 2.45. The van der Waals surface area contributed by atoms with Crippen LogP contribution in [0.4, 0.5) is 13.2 Å². The molecule has 0 N–H and O–H groups in total. The first kappa shape index (κ1) is 29.7. The number of halogens is 3.